The summed E-state index contributed by atoms with van der Waals surface area (Å²) >= 11 is 0. The van der Waals surface area contributed by atoms with Crippen molar-refractivity contribution in [3.05, 3.63) is 0 Å². The zero-order chi connectivity index (χ0) is 14.7. The Morgan fingerprint density at radius 2 is 1.95 bits per heavy atom. The number of rotatable bonds is 11. The topological polar surface area (TPSA) is 54.3 Å². The van der Waals surface area contributed by atoms with Gasteiger partial charge in [0.05, 0.1) is 18.8 Å². The number of nitrogens with zero attached hydrogens (tertiary/aromatic N) is 1. The third-order valence-electron chi connectivity index (χ3n) is 3.09. The van der Waals surface area contributed by atoms with Crippen LogP contribution in [0.2, 0.25) is 0 Å². The Kier molecular flexibility index (Phi) is 9.85. The summed E-state index contributed by atoms with van der Waals surface area (Å²) in [6.45, 7) is 12.2. The average Bonchev–Trinajstić information content (AvgIpc) is 2.39. The van der Waals surface area contributed by atoms with Crippen LogP contribution >= 0.6 is 0 Å². The number of nitrogens with one attached hydrogen (secondary N) is 1. The minimum absolute atomic E-state index is 0.121. The molecule has 0 saturated carbocycles. The summed E-state index contributed by atoms with van der Waals surface area (Å²) < 4.78 is 11.0. The largest absolute Gasteiger partial charge is 0.379 e. The lowest BCUT2D eigenvalue weighted by Crippen LogP contribution is -2.47. The van der Waals surface area contributed by atoms with Gasteiger partial charge in [-0.15, -0.1) is 0 Å². The van der Waals surface area contributed by atoms with E-state index < -0.39 is 5.54 Å². The zero-order valence-electron chi connectivity index (χ0n) is 13.2. The molecule has 0 radical (unpaired) electrons. The van der Waals surface area contributed by atoms with E-state index >= 15 is 0 Å². The van der Waals surface area contributed by atoms with Crippen molar-refractivity contribution in [1.29, 1.82) is 5.26 Å². The summed E-state index contributed by atoms with van der Waals surface area (Å²) in [4.78, 5) is 0. The molecule has 0 rings (SSSR count). The van der Waals surface area contributed by atoms with Crippen molar-refractivity contribution >= 4 is 0 Å². The van der Waals surface area contributed by atoms with Crippen LogP contribution in [0, 0.1) is 11.3 Å². The van der Waals surface area contributed by atoms with Gasteiger partial charge in [0, 0.05) is 19.3 Å². The predicted molar refractivity (Wildman–Crippen MR) is 78.0 cm³/mol. The van der Waals surface area contributed by atoms with E-state index in [-0.39, 0.29) is 6.10 Å². The molecule has 0 aliphatic rings. The normalized spacial score (nSPS) is 16.1. The van der Waals surface area contributed by atoms with E-state index in [9.17, 15) is 5.26 Å². The van der Waals surface area contributed by atoms with Gasteiger partial charge in [0.25, 0.3) is 0 Å². The van der Waals surface area contributed by atoms with Crippen LogP contribution in [-0.4, -0.2) is 37.5 Å². The van der Waals surface area contributed by atoms with Crippen molar-refractivity contribution in [2.75, 3.05) is 19.8 Å². The van der Waals surface area contributed by atoms with Crippen molar-refractivity contribution in [2.24, 2.45) is 0 Å². The molecule has 0 saturated heterocycles. The fraction of sp³-hybridized carbons (Fsp3) is 0.933. The summed E-state index contributed by atoms with van der Waals surface area (Å²) in [7, 11) is 0. The highest BCUT2D eigenvalue weighted by Crippen LogP contribution is 2.17. The maximum atomic E-state index is 9.38. The SMILES string of the molecule is CCOCC(C)OCCCC(C#N)(CC)NC(C)C. The zero-order valence-corrected chi connectivity index (χ0v) is 13.2. The summed E-state index contributed by atoms with van der Waals surface area (Å²) in [5.74, 6) is 0. The van der Waals surface area contributed by atoms with E-state index in [1.165, 1.54) is 0 Å². The van der Waals surface area contributed by atoms with Gasteiger partial charge < -0.3 is 9.47 Å². The molecule has 0 fully saturated rings. The van der Waals surface area contributed by atoms with Crippen molar-refractivity contribution in [3.63, 3.8) is 0 Å². The molecule has 0 aromatic heterocycles. The quantitative estimate of drug-likeness (QED) is 0.587. The molecule has 0 aliphatic carbocycles. The molecule has 0 spiro atoms. The van der Waals surface area contributed by atoms with Crippen molar-refractivity contribution in [2.45, 2.75) is 71.6 Å². The van der Waals surface area contributed by atoms with Gasteiger partial charge in [0.2, 0.25) is 0 Å². The maximum absolute atomic E-state index is 9.38. The van der Waals surface area contributed by atoms with Gasteiger partial charge in [-0.25, -0.2) is 0 Å². The molecule has 4 heteroatoms. The van der Waals surface area contributed by atoms with Crippen LogP contribution in [0.5, 0.6) is 0 Å². The molecule has 0 amide bonds. The van der Waals surface area contributed by atoms with Gasteiger partial charge in [-0.2, -0.15) is 5.26 Å². The van der Waals surface area contributed by atoms with Gasteiger partial charge >= 0.3 is 0 Å². The second-order valence-corrected chi connectivity index (χ2v) is 5.29. The minimum Gasteiger partial charge on any atom is -0.379 e. The van der Waals surface area contributed by atoms with Crippen LogP contribution in [0.4, 0.5) is 0 Å². The number of hydrogen-bond acceptors (Lipinski definition) is 4. The van der Waals surface area contributed by atoms with E-state index in [2.05, 4.69) is 32.2 Å². The van der Waals surface area contributed by atoms with Crippen molar-refractivity contribution < 1.29 is 9.47 Å². The molecule has 1 N–H and O–H groups in total. The maximum Gasteiger partial charge on any atom is 0.106 e. The molecule has 0 aromatic rings. The molecule has 2 unspecified atom stereocenters. The number of hydrogen-bond donors (Lipinski definition) is 1. The van der Waals surface area contributed by atoms with E-state index in [0.29, 0.717) is 19.3 Å². The molecule has 19 heavy (non-hydrogen) atoms. The van der Waals surface area contributed by atoms with Crippen molar-refractivity contribution in [3.8, 4) is 6.07 Å². The highest BCUT2D eigenvalue weighted by Gasteiger charge is 2.27. The second-order valence-electron chi connectivity index (χ2n) is 5.29. The third-order valence-corrected chi connectivity index (χ3v) is 3.09. The lowest BCUT2D eigenvalue weighted by Gasteiger charge is -2.29. The van der Waals surface area contributed by atoms with E-state index in [4.69, 9.17) is 9.47 Å². The van der Waals surface area contributed by atoms with Gasteiger partial charge in [0.15, 0.2) is 0 Å². The highest BCUT2D eigenvalue weighted by atomic mass is 16.5. The first-order chi connectivity index (χ1) is 8.99. The Hall–Kier alpha value is -0.630. The van der Waals surface area contributed by atoms with Crippen LogP contribution in [0.25, 0.3) is 0 Å². The predicted octanol–water partition coefficient (Wildman–Crippen LogP) is 2.88. The van der Waals surface area contributed by atoms with Crippen LogP contribution in [0.3, 0.4) is 0 Å². The standard InChI is InChI=1S/C15H30N2O2/c1-6-15(12-16,17-13(3)4)9-8-10-19-14(5)11-18-7-2/h13-14,17H,6-11H2,1-5H3. The lowest BCUT2D eigenvalue weighted by molar-refractivity contribution is -0.00571. The van der Waals surface area contributed by atoms with Gasteiger partial charge in [0.1, 0.15) is 5.54 Å². The van der Waals surface area contributed by atoms with Crippen LogP contribution in [0.1, 0.15) is 53.9 Å². The molecule has 0 aliphatic heterocycles. The molecule has 4 nitrogen and oxygen atoms in total. The Morgan fingerprint density at radius 3 is 2.42 bits per heavy atom. The minimum atomic E-state index is -0.416. The van der Waals surface area contributed by atoms with Gasteiger partial charge in [-0.3, -0.25) is 5.32 Å². The van der Waals surface area contributed by atoms with E-state index in [1.54, 1.807) is 0 Å². The first-order valence-corrected chi connectivity index (χ1v) is 7.38. The summed E-state index contributed by atoms with van der Waals surface area (Å²) in [6, 6.07) is 2.74. The first kappa shape index (κ1) is 18.4. The number of nitriles is 1. The fourth-order valence-corrected chi connectivity index (χ4v) is 2.06. The fourth-order valence-electron chi connectivity index (χ4n) is 2.06. The summed E-state index contributed by atoms with van der Waals surface area (Å²) in [6.07, 6.45) is 2.64. The molecule has 112 valence electrons. The molecular weight excluding hydrogens is 240 g/mol. The molecule has 0 aromatic carbocycles. The highest BCUT2D eigenvalue weighted by molar-refractivity contribution is 5.06. The van der Waals surface area contributed by atoms with Crippen LogP contribution in [-0.2, 0) is 9.47 Å². The number of ether oxygens (including phenoxy) is 2. The third kappa shape index (κ3) is 8.20. The van der Waals surface area contributed by atoms with Crippen molar-refractivity contribution in [1.82, 2.24) is 5.32 Å². The van der Waals surface area contributed by atoms with Gasteiger partial charge in [-0.1, -0.05) is 6.92 Å². The molecule has 0 bridgehead atoms. The van der Waals surface area contributed by atoms with E-state index in [0.717, 1.165) is 25.9 Å². The summed E-state index contributed by atoms with van der Waals surface area (Å²) in [5, 5.41) is 12.8. The average molecular weight is 270 g/mol. The van der Waals surface area contributed by atoms with Crippen LogP contribution < -0.4 is 5.32 Å². The Bertz CT molecular complexity index is 263. The lowest BCUT2D eigenvalue weighted by atomic mass is 9.91. The smallest absolute Gasteiger partial charge is 0.106 e. The second kappa shape index (κ2) is 10.2. The first-order valence-electron chi connectivity index (χ1n) is 7.38. The Morgan fingerprint density at radius 1 is 1.26 bits per heavy atom. The monoisotopic (exact) mass is 270 g/mol. The van der Waals surface area contributed by atoms with E-state index in [1.807, 2.05) is 13.8 Å². The molecular formula is C15H30N2O2. The van der Waals surface area contributed by atoms with Gasteiger partial charge in [-0.05, 0) is 47.0 Å². The summed E-state index contributed by atoms with van der Waals surface area (Å²) in [5.41, 5.74) is -0.416. The molecule has 0 heterocycles. The molecule has 2 atom stereocenters. The Labute approximate surface area is 118 Å². The Balaban J connectivity index is 3.97. The van der Waals surface area contributed by atoms with Crippen LogP contribution in [0.15, 0.2) is 0 Å².